The summed E-state index contributed by atoms with van der Waals surface area (Å²) in [5, 5.41) is 5.78. The van der Waals surface area contributed by atoms with Gasteiger partial charge in [0, 0.05) is 36.3 Å². The number of amides is 1. The summed E-state index contributed by atoms with van der Waals surface area (Å²) in [6, 6.07) is 7.98. The predicted octanol–water partition coefficient (Wildman–Crippen LogP) is 4.21. The lowest BCUT2D eigenvalue weighted by Crippen LogP contribution is -2.45. The van der Waals surface area contributed by atoms with Crippen LogP contribution in [0.4, 0.5) is 11.4 Å². The third-order valence-corrected chi connectivity index (χ3v) is 5.15. The van der Waals surface area contributed by atoms with Crippen molar-refractivity contribution < 1.29 is 9.53 Å². The van der Waals surface area contributed by atoms with Crippen LogP contribution in [-0.4, -0.2) is 36.2 Å². The van der Waals surface area contributed by atoms with Gasteiger partial charge in [0.1, 0.15) is 5.69 Å². The van der Waals surface area contributed by atoms with Crippen LogP contribution in [-0.2, 0) is 11.2 Å². The Kier molecular flexibility index (Phi) is 5.94. The second-order valence-corrected chi connectivity index (χ2v) is 8.33. The third kappa shape index (κ3) is 4.83. The number of nitrogens with one attached hydrogen (secondary N) is 1. The Morgan fingerprint density at radius 2 is 1.92 bits per heavy atom. The van der Waals surface area contributed by atoms with Crippen molar-refractivity contribution in [1.82, 2.24) is 4.98 Å². The monoisotopic (exact) mass is 373 g/mol. The molecule has 1 fully saturated rings. The molecular formula is C20H27N3O2S. The van der Waals surface area contributed by atoms with Crippen LogP contribution in [0.25, 0.3) is 0 Å². The minimum atomic E-state index is -0.155. The molecule has 0 bridgehead atoms. The van der Waals surface area contributed by atoms with E-state index in [1.807, 2.05) is 29.6 Å². The van der Waals surface area contributed by atoms with E-state index in [4.69, 9.17) is 4.74 Å². The summed E-state index contributed by atoms with van der Waals surface area (Å²) in [4.78, 5) is 19.2. The SMILES string of the molecule is CC(C)Cc1nc(C(=O)Nc2ccc(N3CC(C)OC(C)C3)cc2)cs1. The van der Waals surface area contributed by atoms with Crippen LogP contribution in [0.2, 0.25) is 0 Å². The van der Waals surface area contributed by atoms with Crippen LogP contribution in [0.3, 0.4) is 0 Å². The van der Waals surface area contributed by atoms with Gasteiger partial charge in [0.2, 0.25) is 0 Å². The van der Waals surface area contributed by atoms with Gasteiger partial charge >= 0.3 is 0 Å². The van der Waals surface area contributed by atoms with Crippen LogP contribution >= 0.6 is 11.3 Å². The summed E-state index contributed by atoms with van der Waals surface area (Å²) in [7, 11) is 0. The summed E-state index contributed by atoms with van der Waals surface area (Å²) < 4.78 is 5.78. The first-order valence-corrected chi connectivity index (χ1v) is 10.0. The molecule has 1 aromatic carbocycles. The Balaban J connectivity index is 1.62. The Hall–Kier alpha value is -1.92. The van der Waals surface area contributed by atoms with E-state index >= 15 is 0 Å². The van der Waals surface area contributed by atoms with Crippen molar-refractivity contribution in [2.45, 2.75) is 46.3 Å². The lowest BCUT2D eigenvalue weighted by atomic mass is 10.1. The van der Waals surface area contributed by atoms with E-state index in [1.165, 1.54) is 0 Å². The molecule has 140 valence electrons. The van der Waals surface area contributed by atoms with Crippen LogP contribution in [0.15, 0.2) is 29.6 Å². The van der Waals surface area contributed by atoms with Crippen molar-refractivity contribution in [1.29, 1.82) is 0 Å². The third-order valence-electron chi connectivity index (χ3n) is 4.28. The quantitative estimate of drug-likeness (QED) is 0.853. The fourth-order valence-corrected chi connectivity index (χ4v) is 4.19. The Morgan fingerprint density at radius 3 is 2.54 bits per heavy atom. The molecule has 2 unspecified atom stereocenters. The highest BCUT2D eigenvalue weighted by molar-refractivity contribution is 7.09. The molecule has 3 rings (SSSR count). The van der Waals surface area contributed by atoms with Crippen molar-refractivity contribution in [3.8, 4) is 0 Å². The van der Waals surface area contributed by atoms with Crippen molar-refractivity contribution >= 4 is 28.6 Å². The number of carbonyl (C=O) groups is 1. The number of hydrogen-bond donors (Lipinski definition) is 1. The van der Waals surface area contributed by atoms with Crippen molar-refractivity contribution in [2.75, 3.05) is 23.3 Å². The molecule has 0 spiro atoms. The van der Waals surface area contributed by atoms with Gasteiger partial charge in [0.15, 0.2) is 0 Å². The molecule has 5 nitrogen and oxygen atoms in total. The maximum absolute atomic E-state index is 12.4. The number of benzene rings is 1. The zero-order chi connectivity index (χ0) is 18.7. The number of nitrogens with zero attached hydrogens (tertiary/aromatic N) is 2. The van der Waals surface area contributed by atoms with Gasteiger partial charge in [-0.2, -0.15) is 0 Å². The van der Waals surface area contributed by atoms with E-state index in [1.54, 1.807) is 11.3 Å². The Labute approximate surface area is 159 Å². The van der Waals surface area contributed by atoms with Gasteiger partial charge in [-0.1, -0.05) is 13.8 Å². The zero-order valence-corrected chi connectivity index (χ0v) is 16.7. The minimum Gasteiger partial charge on any atom is -0.372 e. The molecular weight excluding hydrogens is 346 g/mol. The molecule has 0 aliphatic carbocycles. The molecule has 0 radical (unpaired) electrons. The molecule has 2 heterocycles. The molecule has 0 saturated carbocycles. The van der Waals surface area contributed by atoms with E-state index in [0.29, 0.717) is 11.6 Å². The number of carbonyl (C=O) groups excluding carboxylic acids is 1. The first-order chi connectivity index (χ1) is 12.4. The van der Waals surface area contributed by atoms with Gasteiger partial charge in [0.05, 0.1) is 17.2 Å². The second-order valence-electron chi connectivity index (χ2n) is 7.39. The highest BCUT2D eigenvalue weighted by atomic mass is 32.1. The standard InChI is InChI=1S/C20H27N3O2S/c1-13(2)9-19-22-18(12-26-19)20(24)21-16-5-7-17(8-6-16)23-10-14(3)25-15(4)11-23/h5-8,12-15H,9-11H2,1-4H3,(H,21,24). The van der Waals surface area contributed by atoms with Crippen molar-refractivity contribution in [3.05, 3.63) is 40.3 Å². The van der Waals surface area contributed by atoms with Crippen LogP contribution in [0.1, 0.15) is 43.2 Å². The zero-order valence-electron chi connectivity index (χ0n) is 15.9. The first kappa shape index (κ1) is 18.9. The summed E-state index contributed by atoms with van der Waals surface area (Å²) in [5.41, 5.74) is 2.43. The Morgan fingerprint density at radius 1 is 1.27 bits per heavy atom. The van der Waals surface area contributed by atoms with E-state index in [-0.39, 0.29) is 18.1 Å². The molecule has 1 amide bonds. The van der Waals surface area contributed by atoms with Gasteiger partial charge in [-0.3, -0.25) is 4.79 Å². The number of thiazole rings is 1. The molecule has 1 aromatic heterocycles. The molecule has 1 aliphatic rings. The van der Waals surface area contributed by atoms with Gasteiger partial charge < -0.3 is 15.0 Å². The van der Waals surface area contributed by atoms with Crippen molar-refractivity contribution in [2.24, 2.45) is 5.92 Å². The average Bonchev–Trinajstić information content (AvgIpc) is 3.02. The lowest BCUT2D eigenvalue weighted by Gasteiger charge is -2.36. The predicted molar refractivity (Wildman–Crippen MR) is 107 cm³/mol. The maximum atomic E-state index is 12.4. The summed E-state index contributed by atoms with van der Waals surface area (Å²) in [6.07, 6.45) is 1.36. The number of anilines is 2. The van der Waals surface area contributed by atoms with Crippen LogP contribution in [0, 0.1) is 5.92 Å². The normalized spacial score (nSPS) is 20.4. The average molecular weight is 374 g/mol. The summed E-state index contributed by atoms with van der Waals surface area (Å²) >= 11 is 1.55. The fourth-order valence-electron chi connectivity index (χ4n) is 3.20. The van der Waals surface area contributed by atoms with E-state index in [9.17, 15) is 4.79 Å². The van der Waals surface area contributed by atoms with Gasteiger partial charge in [-0.15, -0.1) is 11.3 Å². The number of hydrogen-bond acceptors (Lipinski definition) is 5. The first-order valence-electron chi connectivity index (χ1n) is 9.17. The smallest absolute Gasteiger partial charge is 0.275 e. The molecule has 1 aliphatic heterocycles. The van der Waals surface area contributed by atoms with Crippen LogP contribution in [0.5, 0.6) is 0 Å². The number of morpholine rings is 1. The molecule has 6 heteroatoms. The number of ether oxygens (including phenoxy) is 1. The molecule has 1 N–H and O–H groups in total. The number of aromatic nitrogens is 1. The second kappa shape index (κ2) is 8.18. The molecule has 2 atom stereocenters. The van der Waals surface area contributed by atoms with Gasteiger partial charge in [0.25, 0.3) is 5.91 Å². The largest absolute Gasteiger partial charge is 0.372 e. The summed E-state index contributed by atoms with van der Waals surface area (Å²) in [6.45, 7) is 10.3. The number of rotatable bonds is 5. The Bertz CT molecular complexity index is 732. The van der Waals surface area contributed by atoms with E-state index in [0.717, 1.165) is 35.9 Å². The van der Waals surface area contributed by atoms with E-state index < -0.39 is 0 Å². The summed E-state index contributed by atoms with van der Waals surface area (Å²) in [5.74, 6) is 0.382. The highest BCUT2D eigenvalue weighted by Gasteiger charge is 2.22. The minimum absolute atomic E-state index is 0.155. The topological polar surface area (TPSA) is 54.5 Å². The van der Waals surface area contributed by atoms with Crippen LogP contribution < -0.4 is 10.2 Å². The fraction of sp³-hybridized carbons (Fsp3) is 0.500. The van der Waals surface area contributed by atoms with E-state index in [2.05, 4.69) is 42.9 Å². The van der Waals surface area contributed by atoms with Gasteiger partial charge in [-0.25, -0.2) is 4.98 Å². The highest BCUT2D eigenvalue weighted by Crippen LogP contribution is 2.23. The molecule has 26 heavy (non-hydrogen) atoms. The lowest BCUT2D eigenvalue weighted by molar-refractivity contribution is -0.00521. The van der Waals surface area contributed by atoms with Gasteiger partial charge in [-0.05, 0) is 44.0 Å². The molecule has 2 aromatic rings. The maximum Gasteiger partial charge on any atom is 0.275 e. The van der Waals surface area contributed by atoms with Crippen molar-refractivity contribution in [3.63, 3.8) is 0 Å². The molecule has 1 saturated heterocycles.